The molecule has 0 radical (unpaired) electrons. The number of carbonyl (C=O) groups is 1. The van der Waals surface area contributed by atoms with E-state index in [-0.39, 0.29) is 18.3 Å². The second-order valence-electron chi connectivity index (χ2n) is 4.81. The van der Waals surface area contributed by atoms with Crippen molar-refractivity contribution in [3.8, 4) is 0 Å². The summed E-state index contributed by atoms with van der Waals surface area (Å²) in [4.78, 5) is 16.4. The van der Waals surface area contributed by atoms with Crippen LogP contribution in [0, 0.1) is 13.8 Å². The highest BCUT2D eigenvalue weighted by molar-refractivity contribution is 5.95. The molecule has 122 valence electrons. The molecule has 2 aromatic rings. The quantitative estimate of drug-likeness (QED) is 0.733. The zero-order chi connectivity index (χ0) is 15.2. The summed E-state index contributed by atoms with van der Waals surface area (Å²) in [6.07, 6.45) is 1.60. The molecule has 0 unspecified atom stereocenters. The summed E-state index contributed by atoms with van der Waals surface area (Å²) in [6, 6.07) is 1.88. The first-order valence-electron chi connectivity index (χ1n) is 6.93. The largest absolute Gasteiger partial charge is 0.383 e. The minimum absolute atomic E-state index is 0. The van der Waals surface area contributed by atoms with Gasteiger partial charge in [-0.2, -0.15) is 5.10 Å². The Kier molecular flexibility index (Phi) is 7.23. The van der Waals surface area contributed by atoms with Gasteiger partial charge in [0, 0.05) is 39.0 Å². The monoisotopic (exact) mass is 327 g/mol. The molecule has 0 saturated carbocycles. The molecule has 22 heavy (non-hydrogen) atoms. The Morgan fingerprint density at radius 1 is 1.32 bits per heavy atom. The Labute approximate surface area is 135 Å². The third kappa shape index (κ3) is 4.40. The highest BCUT2D eigenvalue weighted by Crippen LogP contribution is 2.10. The first kappa shape index (κ1) is 18.3. The molecule has 1 amide bonds. The number of methoxy groups -OCH3 is 1. The molecule has 0 saturated heterocycles. The van der Waals surface area contributed by atoms with Crippen molar-refractivity contribution in [3.63, 3.8) is 0 Å². The maximum Gasteiger partial charge on any atom is 0.254 e. The SMILES string of the molecule is COCCNCCNC(=O)c1cnc2cc(C)nn2c1C.Cl. The molecule has 0 fully saturated rings. The van der Waals surface area contributed by atoms with E-state index < -0.39 is 0 Å². The lowest BCUT2D eigenvalue weighted by atomic mass is 10.2. The number of nitrogens with zero attached hydrogens (tertiary/aromatic N) is 3. The zero-order valence-electron chi connectivity index (χ0n) is 13.0. The third-order valence-electron chi connectivity index (χ3n) is 3.16. The van der Waals surface area contributed by atoms with Crippen LogP contribution in [-0.2, 0) is 4.74 Å². The third-order valence-corrected chi connectivity index (χ3v) is 3.16. The minimum atomic E-state index is -0.136. The molecule has 0 aliphatic rings. The van der Waals surface area contributed by atoms with Gasteiger partial charge in [-0.05, 0) is 13.8 Å². The molecule has 8 heteroatoms. The van der Waals surface area contributed by atoms with Crippen molar-refractivity contribution in [1.82, 2.24) is 25.2 Å². The molecule has 2 rings (SSSR count). The van der Waals surface area contributed by atoms with E-state index in [2.05, 4.69) is 20.7 Å². The van der Waals surface area contributed by atoms with Crippen LogP contribution in [-0.4, -0.2) is 53.9 Å². The van der Waals surface area contributed by atoms with Crippen LogP contribution in [0.2, 0.25) is 0 Å². The van der Waals surface area contributed by atoms with Gasteiger partial charge in [0.2, 0.25) is 0 Å². The van der Waals surface area contributed by atoms with Gasteiger partial charge in [0.15, 0.2) is 5.65 Å². The van der Waals surface area contributed by atoms with Gasteiger partial charge in [-0.15, -0.1) is 12.4 Å². The lowest BCUT2D eigenvalue weighted by Crippen LogP contribution is -2.33. The maximum atomic E-state index is 12.2. The van der Waals surface area contributed by atoms with Crippen molar-refractivity contribution in [2.45, 2.75) is 13.8 Å². The molecule has 0 atom stereocenters. The van der Waals surface area contributed by atoms with Gasteiger partial charge in [-0.1, -0.05) is 0 Å². The molecule has 2 heterocycles. The smallest absolute Gasteiger partial charge is 0.254 e. The average Bonchev–Trinajstić information content (AvgIpc) is 2.84. The van der Waals surface area contributed by atoms with Crippen LogP contribution in [0.5, 0.6) is 0 Å². The van der Waals surface area contributed by atoms with E-state index in [1.165, 1.54) is 0 Å². The van der Waals surface area contributed by atoms with Crippen LogP contribution in [0.4, 0.5) is 0 Å². The van der Waals surface area contributed by atoms with Crippen molar-refractivity contribution >= 4 is 24.0 Å². The van der Waals surface area contributed by atoms with Gasteiger partial charge in [-0.25, -0.2) is 9.50 Å². The Balaban J connectivity index is 0.00000242. The first-order valence-corrected chi connectivity index (χ1v) is 6.93. The molecule has 0 aliphatic carbocycles. The number of rotatable bonds is 7. The van der Waals surface area contributed by atoms with Crippen molar-refractivity contribution < 1.29 is 9.53 Å². The van der Waals surface area contributed by atoms with Crippen LogP contribution in [0.1, 0.15) is 21.7 Å². The van der Waals surface area contributed by atoms with E-state index >= 15 is 0 Å². The van der Waals surface area contributed by atoms with E-state index in [4.69, 9.17) is 4.74 Å². The predicted molar refractivity (Wildman–Crippen MR) is 86.8 cm³/mol. The van der Waals surface area contributed by atoms with Crippen LogP contribution >= 0.6 is 12.4 Å². The number of nitrogens with one attached hydrogen (secondary N) is 2. The molecular weight excluding hydrogens is 306 g/mol. The fourth-order valence-corrected chi connectivity index (χ4v) is 2.04. The van der Waals surface area contributed by atoms with Crippen LogP contribution in [0.25, 0.3) is 5.65 Å². The lowest BCUT2D eigenvalue weighted by Gasteiger charge is -2.09. The van der Waals surface area contributed by atoms with Gasteiger partial charge in [0.05, 0.1) is 23.6 Å². The van der Waals surface area contributed by atoms with Gasteiger partial charge in [0.25, 0.3) is 5.91 Å². The number of ether oxygens (including phenoxy) is 1. The lowest BCUT2D eigenvalue weighted by molar-refractivity contribution is 0.0952. The number of aryl methyl sites for hydroxylation is 2. The number of halogens is 1. The molecule has 0 aliphatic heterocycles. The number of hydrogen-bond donors (Lipinski definition) is 2. The zero-order valence-corrected chi connectivity index (χ0v) is 13.9. The first-order chi connectivity index (χ1) is 10.1. The molecule has 0 aromatic carbocycles. The highest BCUT2D eigenvalue weighted by atomic mass is 35.5. The standard InChI is InChI=1S/C14H21N5O2.ClH/c1-10-8-13-17-9-12(11(2)19(13)18-10)14(20)16-5-4-15-6-7-21-3;/h8-9,15H,4-7H2,1-3H3,(H,16,20);1H. The van der Waals surface area contributed by atoms with Crippen LogP contribution in [0.15, 0.2) is 12.3 Å². The fraction of sp³-hybridized carbons (Fsp3) is 0.500. The maximum absolute atomic E-state index is 12.2. The summed E-state index contributed by atoms with van der Waals surface area (Å²) in [5, 5.41) is 10.4. The Morgan fingerprint density at radius 3 is 2.82 bits per heavy atom. The van der Waals surface area contributed by atoms with Gasteiger partial charge in [0.1, 0.15) is 0 Å². The number of aromatic nitrogens is 3. The number of fused-ring (bicyclic) bond motifs is 1. The van der Waals surface area contributed by atoms with E-state index in [1.54, 1.807) is 17.8 Å². The Bertz CT molecular complexity index is 629. The molecule has 7 nitrogen and oxygen atoms in total. The molecular formula is C14H22ClN5O2. The average molecular weight is 328 g/mol. The second kappa shape index (κ2) is 8.67. The van der Waals surface area contributed by atoms with E-state index in [0.717, 1.165) is 23.6 Å². The summed E-state index contributed by atoms with van der Waals surface area (Å²) in [7, 11) is 1.66. The van der Waals surface area contributed by atoms with E-state index in [1.807, 2.05) is 19.9 Å². The van der Waals surface area contributed by atoms with Crippen molar-refractivity contribution in [3.05, 3.63) is 29.2 Å². The molecule has 2 aromatic heterocycles. The predicted octanol–water partition coefficient (Wildman–Crippen LogP) is 0.734. The number of amides is 1. The summed E-state index contributed by atoms with van der Waals surface area (Å²) >= 11 is 0. The van der Waals surface area contributed by atoms with Crippen molar-refractivity contribution in [2.75, 3.05) is 33.4 Å². The summed E-state index contributed by atoms with van der Waals surface area (Å²) < 4.78 is 6.63. The minimum Gasteiger partial charge on any atom is -0.383 e. The summed E-state index contributed by atoms with van der Waals surface area (Å²) in [5.74, 6) is -0.136. The van der Waals surface area contributed by atoms with Gasteiger partial charge in [-0.3, -0.25) is 4.79 Å². The van der Waals surface area contributed by atoms with Crippen LogP contribution < -0.4 is 10.6 Å². The Morgan fingerprint density at radius 2 is 2.09 bits per heavy atom. The second-order valence-corrected chi connectivity index (χ2v) is 4.81. The molecule has 0 spiro atoms. The van der Waals surface area contributed by atoms with Gasteiger partial charge < -0.3 is 15.4 Å². The van der Waals surface area contributed by atoms with Crippen LogP contribution in [0.3, 0.4) is 0 Å². The summed E-state index contributed by atoms with van der Waals surface area (Å²) in [6.45, 7) is 6.45. The van der Waals surface area contributed by atoms with Gasteiger partial charge >= 0.3 is 0 Å². The normalized spacial score (nSPS) is 10.5. The Hall–Kier alpha value is -1.70. The number of hydrogen-bond acceptors (Lipinski definition) is 5. The van der Waals surface area contributed by atoms with Crippen molar-refractivity contribution in [1.29, 1.82) is 0 Å². The van der Waals surface area contributed by atoms with Crippen molar-refractivity contribution in [2.24, 2.45) is 0 Å². The highest BCUT2D eigenvalue weighted by Gasteiger charge is 2.13. The topological polar surface area (TPSA) is 80.5 Å². The molecule has 0 bridgehead atoms. The van der Waals surface area contributed by atoms with E-state index in [0.29, 0.717) is 25.3 Å². The number of carbonyl (C=O) groups excluding carboxylic acids is 1. The molecule has 2 N–H and O–H groups in total. The summed E-state index contributed by atoms with van der Waals surface area (Å²) in [5.41, 5.74) is 2.97. The fourth-order valence-electron chi connectivity index (χ4n) is 2.04. The van der Waals surface area contributed by atoms with E-state index in [9.17, 15) is 4.79 Å².